The third-order valence-corrected chi connectivity index (χ3v) is 3.43. The number of nitrogens with two attached hydrogens (primary N) is 1. The molecule has 126 valence electrons. The Morgan fingerprint density at radius 1 is 1.57 bits per heavy atom. The van der Waals surface area contributed by atoms with E-state index in [9.17, 15) is 4.39 Å². The van der Waals surface area contributed by atoms with Crippen LogP contribution in [0.4, 0.5) is 4.39 Å². The van der Waals surface area contributed by atoms with Crippen molar-refractivity contribution in [2.24, 2.45) is 21.6 Å². The third-order valence-electron chi connectivity index (χ3n) is 3.43. The zero-order chi connectivity index (χ0) is 17.2. The molecule has 0 aromatic heterocycles. The summed E-state index contributed by atoms with van der Waals surface area (Å²) in [4.78, 5) is 8.28. The first-order chi connectivity index (χ1) is 11.0. The van der Waals surface area contributed by atoms with Gasteiger partial charge >= 0.3 is 0 Å². The molecule has 1 atom stereocenters. The van der Waals surface area contributed by atoms with Crippen LogP contribution in [0.5, 0.6) is 0 Å². The average molecular weight is 319 g/mol. The van der Waals surface area contributed by atoms with Gasteiger partial charge in [-0.05, 0) is 25.3 Å². The Morgan fingerprint density at radius 3 is 2.96 bits per heavy atom. The van der Waals surface area contributed by atoms with Gasteiger partial charge in [-0.3, -0.25) is 4.99 Å². The van der Waals surface area contributed by atoms with Gasteiger partial charge in [-0.2, -0.15) is 0 Å². The SMILES string of the molecule is C=C(/C=C\C)CO/C(CC)=C(\F)C(C)/C1=N/C=C(N)\N=C/CC1. The van der Waals surface area contributed by atoms with E-state index in [2.05, 4.69) is 16.6 Å². The highest BCUT2D eigenvalue weighted by Gasteiger charge is 2.20. The van der Waals surface area contributed by atoms with Crippen LogP contribution in [-0.2, 0) is 4.74 Å². The summed E-state index contributed by atoms with van der Waals surface area (Å²) in [5.41, 5.74) is 7.18. The summed E-state index contributed by atoms with van der Waals surface area (Å²) in [5, 5.41) is 0. The fraction of sp³-hybridized carbons (Fsp3) is 0.444. The Hall–Kier alpha value is -2.17. The molecular weight excluding hydrogens is 293 g/mol. The van der Waals surface area contributed by atoms with Crippen molar-refractivity contribution in [2.45, 2.75) is 40.0 Å². The molecule has 1 unspecified atom stereocenters. The monoisotopic (exact) mass is 319 g/mol. The molecule has 0 fully saturated rings. The minimum Gasteiger partial charge on any atom is -0.491 e. The minimum atomic E-state index is -0.449. The summed E-state index contributed by atoms with van der Waals surface area (Å²) in [6.07, 6.45) is 8.73. The van der Waals surface area contributed by atoms with Crippen molar-refractivity contribution in [2.75, 3.05) is 6.61 Å². The number of rotatable bonds is 7. The van der Waals surface area contributed by atoms with Crippen molar-refractivity contribution in [1.82, 2.24) is 0 Å². The summed E-state index contributed by atoms with van der Waals surface area (Å²) < 4.78 is 20.3. The van der Waals surface area contributed by atoms with E-state index >= 15 is 0 Å². The lowest BCUT2D eigenvalue weighted by Crippen LogP contribution is -2.15. The Kier molecular flexibility index (Phi) is 8.02. The van der Waals surface area contributed by atoms with Crippen LogP contribution in [0.25, 0.3) is 0 Å². The third kappa shape index (κ3) is 6.22. The van der Waals surface area contributed by atoms with Crippen LogP contribution < -0.4 is 5.73 Å². The first-order valence-electron chi connectivity index (χ1n) is 7.86. The highest BCUT2D eigenvalue weighted by atomic mass is 19.1. The Bertz CT molecular complexity index is 571. The maximum atomic E-state index is 14.8. The van der Waals surface area contributed by atoms with E-state index < -0.39 is 5.92 Å². The molecule has 1 rings (SSSR count). The molecule has 0 aromatic carbocycles. The van der Waals surface area contributed by atoms with Gasteiger partial charge in [0.15, 0.2) is 0 Å². The molecule has 0 spiro atoms. The number of ether oxygens (including phenoxy) is 1. The molecule has 0 saturated carbocycles. The van der Waals surface area contributed by atoms with Gasteiger partial charge in [-0.1, -0.05) is 32.6 Å². The van der Waals surface area contributed by atoms with Crippen molar-refractivity contribution in [3.8, 4) is 0 Å². The minimum absolute atomic E-state index is 0.277. The van der Waals surface area contributed by atoms with Gasteiger partial charge in [0.25, 0.3) is 0 Å². The molecule has 0 aromatic rings. The van der Waals surface area contributed by atoms with E-state index in [1.54, 1.807) is 13.1 Å². The lowest BCUT2D eigenvalue weighted by Gasteiger charge is -2.17. The zero-order valence-corrected chi connectivity index (χ0v) is 14.2. The number of aliphatic imine (C=N–C) groups is 2. The van der Waals surface area contributed by atoms with Gasteiger partial charge in [0.2, 0.25) is 0 Å². The van der Waals surface area contributed by atoms with E-state index in [1.807, 2.05) is 26.0 Å². The standard InChI is InChI=1S/C18H26FN3O/c1-5-8-13(3)12-23-16(6-2)18(19)14(4)15-9-7-10-21-17(20)11-22-15/h5,8,10-11,14H,3,6-7,9,12,20H2,1-2,4H3/b8-5-,17-11-,18-16-,21-10-,22-15+. The number of allylic oxidation sites excluding steroid dienone is 3. The fourth-order valence-electron chi connectivity index (χ4n) is 2.15. The first kappa shape index (κ1) is 18.9. The first-order valence-corrected chi connectivity index (χ1v) is 7.86. The molecule has 23 heavy (non-hydrogen) atoms. The van der Waals surface area contributed by atoms with E-state index in [1.165, 1.54) is 6.20 Å². The van der Waals surface area contributed by atoms with Crippen LogP contribution in [0.2, 0.25) is 0 Å². The summed E-state index contributed by atoms with van der Waals surface area (Å²) in [6, 6.07) is 0. The van der Waals surface area contributed by atoms with E-state index in [0.29, 0.717) is 30.8 Å². The summed E-state index contributed by atoms with van der Waals surface area (Å²) in [6.45, 7) is 9.69. The molecule has 0 aliphatic carbocycles. The lowest BCUT2D eigenvalue weighted by molar-refractivity contribution is 0.216. The van der Waals surface area contributed by atoms with Crippen LogP contribution in [0, 0.1) is 5.92 Å². The molecule has 5 heteroatoms. The van der Waals surface area contributed by atoms with Crippen LogP contribution in [0.15, 0.2) is 57.9 Å². The van der Waals surface area contributed by atoms with E-state index in [4.69, 9.17) is 10.5 Å². The van der Waals surface area contributed by atoms with Crippen LogP contribution >= 0.6 is 0 Å². The maximum Gasteiger partial charge on any atom is 0.146 e. The quantitative estimate of drug-likeness (QED) is 0.557. The maximum absolute atomic E-state index is 14.8. The van der Waals surface area contributed by atoms with Crippen molar-refractivity contribution in [3.63, 3.8) is 0 Å². The van der Waals surface area contributed by atoms with Crippen molar-refractivity contribution < 1.29 is 9.13 Å². The second kappa shape index (κ2) is 9.77. The summed E-state index contributed by atoms with van der Waals surface area (Å²) in [5.74, 6) is -0.0635. The van der Waals surface area contributed by atoms with Crippen molar-refractivity contribution in [1.29, 1.82) is 0 Å². The number of halogens is 1. The highest BCUT2D eigenvalue weighted by Crippen LogP contribution is 2.24. The van der Waals surface area contributed by atoms with Crippen molar-refractivity contribution >= 4 is 11.9 Å². The van der Waals surface area contributed by atoms with Gasteiger partial charge in [-0.25, -0.2) is 9.38 Å². The smallest absolute Gasteiger partial charge is 0.146 e. The van der Waals surface area contributed by atoms with Crippen molar-refractivity contribution in [3.05, 3.63) is 47.9 Å². The van der Waals surface area contributed by atoms with Crippen LogP contribution in [-0.4, -0.2) is 18.5 Å². The van der Waals surface area contributed by atoms with Crippen LogP contribution in [0.1, 0.15) is 40.0 Å². The molecule has 1 aliphatic heterocycles. The highest BCUT2D eigenvalue weighted by molar-refractivity contribution is 5.90. The Labute approximate surface area is 138 Å². The predicted octanol–water partition coefficient (Wildman–Crippen LogP) is 4.43. The zero-order valence-electron chi connectivity index (χ0n) is 14.2. The van der Waals surface area contributed by atoms with E-state index in [-0.39, 0.29) is 12.4 Å². The normalized spacial score (nSPS) is 23.7. The predicted molar refractivity (Wildman–Crippen MR) is 94.9 cm³/mol. The van der Waals surface area contributed by atoms with Gasteiger partial charge in [0.1, 0.15) is 24.0 Å². The topological polar surface area (TPSA) is 60.0 Å². The molecule has 0 radical (unpaired) electrons. The second-order valence-electron chi connectivity index (χ2n) is 5.32. The van der Waals surface area contributed by atoms with Gasteiger partial charge in [0.05, 0.1) is 6.20 Å². The number of nitrogens with zero attached hydrogens (tertiary/aromatic N) is 2. The molecule has 0 amide bonds. The number of hydrogen-bond donors (Lipinski definition) is 1. The molecule has 0 saturated heterocycles. The number of hydrogen-bond acceptors (Lipinski definition) is 4. The molecule has 2 N–H and O–H groups in total. The summed E-state index contributed by atoms with van der Waals surface area (Å²) in [7, 11) is 0. The fourth-order valence-corrected chi connectivity index (χ4v) is 2.15. The Morgan fingerprint density at radius 2 is 2.30 bits per heavy atom. The summed E-state index contributed by atoms with van der Waals surface area (Å²) >= 11 is 0. The van der Waals surface area contributed by atoms with Gasteiger partial charge in [0, 0.05) is 24.3 Å². The van der Waals surface area contributed by atoms with Crippen LogP contribution in [0.3, 0.4) is 0 Å². The molecule has 1 aliphatic rings. The average Bonchev–Trinajstić information content (AvgIpc) is 2.51. The van der Waals surface area contributed by atoms with Gasteiger partial charge in [-0.15, -0.1) is 0 Å². The molecule has 1 heterocycles. The second-order valence-corrected chi connectivity index (χ2v) is 5.32. The lowest BCUT2D eigenvalue weighted by atomic mass is 9.98. The van der Waals surface area contributed by atoms with E-state index in [0.717, 1.165) is 11.3 Å². The molecular formula is C18H26FN3O. The van der Waals surface area contributed by atoms with Gasteiger partial charge < -0.3 is 10.5 Å². The molecule has 0 bridgehead atoms. The Balaban J connectivity index is 2.89. The largest absolute Gasteiger partial charge is 0.491 e. The molecule has 4 nitrogen and oxygen atoms in total.